The van der Waals surface area contributed by atoms with Crippen molar-refractivity contribution in [1.82, 2.24) is 4.90 Å². The first-order chi connectivity index (χ1) is 11.8. The second kappa shape index (κ2) is 6.91. The number of quaternary nitrogens is 1. The molecule has 1 N–H and O–H groups in total. The summed E-state index contributed by atoms with van der Waals surface area (Å²) < 4.78 is 0. The van der Waals surface area contributed by atoms with E-state index in [2.05, 4.69) is 52.1 Å². The van der Waals surface area contributed by atoms with Crippen molar-refractivity contribution in [1.29, 1.82) is 0 Å². The SMILES string of the molecule is C[NH+](Cc1ccc(C(C)(C)C)cc1)CN1C(=O)[C@H]2CCCC[C@H]2C1=O. The van der Waals surface area contributed by atoms with Crippen LogP contribution < -0.4 is 4.90 Å². The Morgan fingerprint density at radius 1 is 1.00 bits per heavy atom. The zero-order valence-electron chi connectivity index (χ0n) is 16.0. The summed E-state index contributed by atoms with van der Waals surface area (Å²) in [5.41, 5.74) is 2.71. The highest BCUT2D eigenvalue weighted by atomic mass is 16.2. The van der Waals surface area contributed by atoms with Crippen molar-refractivity contribution in [2.24, 2.45) is 11.8 Å². The van der Waals surface area contributed by atoms with Crippen LogP contribution in [0.4, 0.5) is 0 Å². The molecule has 2 fully saturated rings. The fourth-order valence-corrected chi connectivity index (χ4v) is 4.18. The first kappa shape index (κ1) is 18.1. The third-order valence-corrected chi connectivity index (χ3v) is 5.69. The summed E-state index contributed by atoms with van der Waals surface area (Å²) in [6.07, 6.45) is 3.94. The van der Waals surface area contributed by atoms with Crippen molar-refractivity contribution < 1.29 is 14.5 Å². The Morgan fingerprint density at radius 3 is 2.00 bits per heavy atom. The summed E-state index contributed by atoms with van der Waals surface area (Å²) in [7, 11) is 2.06. The second-order valence-electron chi connectivity index (χ2n) is 8.84. The molecular weight excluding hydrogens is 312 g/mol. The molecule has 1 aliphatic heterocycles. The Hall–Kier alpha value is -1.68. The van der Waals surface area contributed by atoms with E-state index in [0.29, 0.717) is 6.67 Å². The zero-order chi connectivity index (χ0) is 18.2. The van der Waals surface area contributed by atoms with Crippen LogP contribution in [0.25, 0.3) is 0 Å². The number of hydrogen-bond acceptors (Lipinski definition) is 2. The molecule has 3 rings (SSSR count). The van der Waals surface area contributed by atoms with Crippen molar-refractivity contribution in [2.75, 3.05) is 13.7 Å². The summed E-state index contributed by atoms with van der Waals surface area (Å²) in [6, 6.07) is 8.70. The van der Waals surface area contributed by atoms with Gasteiger partial charge in [0, 0.05) is 5.56 Å². The van der Waals surface area contributed by atoms with Crippen LogP contribution >= 0.6 is 0 Å². The molecule has 0 aromatic heterocycles. The standard InChI is InChI=1S/C21H30N2O2/c1-21(2,3)16-11-9-15(10-12-16)13-22(4)14-23-19(24)17-7-5-6-8-18(17)20(23)25/h9-12,17-18H,5-8,13-14H2,1-4H3/p+1/t17-,18+. The van der Waals surface area contributed by atoms with Crippen molar-refractivity contribution in [3.63, 3.8) is 0 Å². The Balaban J connectivity index is 1.61. The van der Waals surface area contributed by atoms with Gasteiger partial charge in [0.15, 0.2) is 6.67 Å². The number of carbonyl (C=O) groups is 2. The maximum absolute atomic E-state index is 12.6. The molecule has 3 atom stereocenters. The van der Waals surface area contributed by atoms with E-state index in [1.807, 2.05) is 0 Å². The fourth-order valence-electron chi connectivity index (χ4n) is 4.18. The lowest BCUT2D eigenvalue weighted by atomic mass is 9.81. The van der Waals surface area contributed by atoms with Gasteiger partial charge in [0.05, 0.1) is 18.9 Å². The van der Waals surface area contributed by atoms with E-state index in [0.717, 1.165) is 32.2 Å². The molecule has 4 heteroatoms. The Labute approximate surface area is 151 Å². The van der Waals surface area contributed by atoms with Gasteiger partial charge in [0.2, 0.25) is 11.8 Å². The number of likely N-dealkylation sites (tertiary alicyclic amines) is 1. The van der Waals surface area contributed by atoms with Gasteiger partial charge in [-0.15, -0.1) is 0 Å². The lowest BCUT2D eigenvalue weighted by Gasteiger charge is -2.22. The van der Waals surface area contributed by atoms with Crippen molar-refractivity contribution in [2.45, 2.75) is 58.4 Å². The van der Waals surface area contributed by atoms with E-state index in [1.54, 1.807) is 0 Å². The van der Waals surface area contributed by atoms with E-state index in [9.17, 15) is 9.59 Å². The molecule has 1 aliphatic carbocycles. The summed E-state index contributed by atoms with van der Waals surface area (Å²) in [4.78, 5) is 27.9. The monoisotopic (exact) mass is 343 g/mol. The highest BCUT2D eigenvalue weighted by Crippen LogP contribution is 2.37. The summed E-state index contributed by atoms with van der Waals surface area (Å²) in [6.45, 7) is 7.93. The molecule has 2 amide bonds. The zero-order valence-corrected chi connectivity index (χ0v) is 16.0. The number of carbonyl (C=O) groups excluding carboxylic acids is 2. The largest absolute Gasteiger partial charge is 0.316 e. The summed E-state index contributed by atoms with van der Waals surface area (Å²) >= 11 is 0. The van der Waals surface area contributed by atoms with Crippen LogP contribution in [-0.4, -0.2) is 30.4 Å². The lowest BCUT2D eigenvalue weighted by molar-refractivity contribution is -0.901. The fraction of sp³-hybridized carbons (Fsp3) is 0.619. The van der Waals surface area contributed by atoms with Gasteiger partial charge in [-0.05, 0) is 23.8 Å². The van der Waals surface area contributed by atoms with Gasteiger partial charge in [-0.3, -0.25) is 9.59 Å². The summed E-state index contributed by atoms with van der Waals surface area (Å²) in [5.74, 6) is 0.0505. The minimum atomic E-state index is -0.0416. The number of benzene rings is 1. The number of nitrogens with zero attached hydrogens (tertiary/aromatic N) is 1. The highest BCUT2D eigenvalue weighted by Gasteiger charge is 2.48. The van der Waals surface area contributed by atoms with Crippen molar-refractivity contribution >= 4 is 11.8 Å². The molecule has 2 aliphatic rings. The van der Waals surface area contributed by atoms with Gasteiger partial charge in [-0.2, -0.15) is 0 Å². The van der Waals surface area contributed by atoms with E-state index in [-0.39, 0.29) is 29.1 Å². The van der Waals surface area contributed by atoms with Gasteiger partial charge < -0.3 is 4.90 Å². The van der Waals surface area contributed by atoms with Crippen LogP contribution in [0.5, 0.6) is 0 Å². The molecule has 1 aromatic rings. The normalized spacial score (nSPS) is 25.2. The van der Waals surface area contributed by atoms with Crippen LogP contribution in [0.1, 0.15) is 57.6 Å². The predicted molar refractivity (Wildman–Crippen MR) is 97.9 cm³/mol. The number of rotatable bonds is 4. The molecule has 1 aromatic carbocycles. The minimum absolute atomic E-state index is 0.0416. The number of nitrogens with one attached hydrogen (secondary N) is 1. The average molecular weight is 343 g/mol. The van der Waals surface area contributed by atoms with Gasteiger partial charge in [-0.1, -0.05) is 57.9 Å². The van der Waals surface area contributed by atoms with Crippen LogP contribution in [0, 0.1) is 11.8 Å². The van der Waals surface area contributed by atoms with Crippen molar-refractivity contribution in [3.8, 4) is 0 Å². The van der Waals surface area contributed by atoms with Gasteiger partial charge in [0.1, 0.15) is 6.54 Å². The maximum atomic E-state index is 12.6. The highest BCUT2D eigenvalue weighted by molar-refractivity contribution is 6.05. The molecular formula is C21H31N2O2+. The Kier molecular flexibility index (Phi) is 5.01. The maximum Gasteiger partial charge on any atom is 0.237 e. The second-order valence-corrected chi connectivity index (χ2v) is 8.84. The van der Waals surface area contributed by atoms with Gasteiger partial charge in [0.25, 0.3) is 0 Å². The van der Waals surface area contributed by atoms with E-state index in [1.165, 1.54) is 20.9 Å². The Bertz CT molecular complexity index is 621. The van der Waals surface area contributed by atoms with Crippen LogP contribution in [0.2, 0.25) is 0 Å². The Morgan fingerprint density at radius 2 is 1.52 bits per heavy atom. The predicted octanol–water partition coefficient (Wildman–Crippen LogP) is 2.13. The van der Waals surface area contributed by atoms with Crippen LogP contribution in [0.3, 0.4) is 0 Å². The molecule has 1 saturated heterocycles. The van der Waals surface area contributed by atoms with E-state index >= 15 is 0 Å². The molecule has 4 nitrogen and oxygen atoms in total. The minimum Gasteiger partial charge on any atom is -0.316 e. The van der Waals surface area contributed by atoms with Crippen LogP contribution in [-0.2, 0) is 21.5 Å². The molecule has 0 bridgehead atoms. The third-order valence-electron chi connectivity index (χ3n) is 5.69. The van der Waals surface area contributed by atoms with E-state index in [4.69, 9.17) is 0 Å². The van der Waals surface area contributed by atoms with Crippen LogP contribution in [0.15, 0.2) is 24.3 Å². The third kappa shape index (κ3) is 3.79. The molecule has 1 saturated carbocycles. The molecule has 0 spiro atoms. The average Bonchev–Trinajstić information content (AvgIpc) is 2.80. The van der Waals surface area contributed by atoms with E-state index < -0.39 is 0 Å². The first-order valence-corrected chi connectivity index (χ1v) is 9.53. The molecule has 25 heavy (non-hydrogen) atoms. The first-order valence-electron chi connectivity index (χ1n) is 9.53. The molecule has 0 radical (unpaired) electrons. The quantitative estimate of drug-likeness (QED) is 0.851. The van der Waals surface area contributed by atoms with Crippen molar-refractivity contribution in [3.05, 3.63) is 35.4 Å². The number of hydrogen-bond donors (Lipinski definition) is 1. The lowest BCUT2D eigenvalue weighted by Crippen LogP contribution is -3.09. The molecule has 136 valence electrons. The number of fused-ring (bicyclic) bond motifs is 1. The summed E-state index contributed by atoms with van der Waals surface area (Å²) in [5, 5.41) is 0. The molecule has 1 unspecified atom stereocenters. The van der Waals surface area contributed by atoms with Gasteiger partial charge >= 0.3 is 0 Å². The smallest absolute Gasteiger partial charge is 0.237 e. The topological polar surface area (TPSA) is 41.8 Å². The van der Waals surface area contributed by atoms with Gasteiger partial charge in [-0.25, -0.2) is 4.90 Å². The number of amides is 2. The molecule has 1 heterocycles. The number of imide groups is 1.